The van der Waals surface area contributed by atoms with Gasteiger partial charge >= 0.3 is 0 Å². The van der Waals surface area contributed by atoms with Gasteiger partial charge in [-0.3, -0.25) is 23.0 Å². The van der Waals surface area contributed by atoms with Crippen LogP contribution in [0.4, 0.5) is 11.4 Å². The summed E-state index contributed by atoms with van der Waals surface area (Å²) in [6, 6.07) is 15.4. The summed E-state index contributed by atoms with van der Waals surface area (Å²) in [5.41, 5.74) is 4.31. The average molecular weight is 1030 g/mol. The summed E-state index contributed by atoms with van der Waals surface area (Å²) in [4.78, 5) is 15.3. The number of anilines is 2. The van der Waals surface area contributed by atoms with Crippen LogP contribution in [0.25, 0.3) is 0 Å². The van der Waals surface area contributed by atoms with Crippen LogP contribution >= 0.6 is 0 Å². The van der Waals surface area contributed by atoms with Crippen molar-refractivity contribution in [2.45, 2.75) is 99.8 Å². The number of rotatable bonds is 19. The van der Waals surface area contributed by atoms with Gasteiger partial charge in [0.2, 0.25) is 5.91 Å². The number of allylic oxidation sites excluding steroid dienone is 6. The second-order valence-corrected chi connectivity index (χ2v) is 24.6. The Morgan fingerprint density at radius 3 is 1.94 bits per heavy atom. The van der Waals surface area contributed by atoms with E-state index in [-0.39, 0.29) is 41.6 Å². The molecule has 1 amide bonds. The van der Waals surface area contributed by atoms with Gasteiger partial charge < -0.3 is 19.9 Å². The predicted octanol–water partition coefficient (Wildman–Crippen LogP) is 7.12. The molecule has 374 valence electrons. The van der Waals surface area contributed by atoms with Crippen LogP contribution in [0.3, 0.4) is 0 Å². The zero-order valence-electron chi connectivity index (χ0n) is 39.0. The topological polar surface area (TPSA) is 262 Å². The highest BCUT2D eigenvalue weighted by Crippen LogP contribution is 2.50. The second-order valence-electron chi connectivity index (χ2n) is 18.6. The Morgan fingerprint density at radius 1 is 0.783 bits per heavy atom. The Hall–Kier alpha value is -5.13. The van der Waals surface area contributed by atoms with Gasteiger partial charge in [0.25, 0.3) is 40.5 Å². The van der Waals surface area contributed by atoms with Crippen molar-refractivity contribution in [3.8, 4) is 5.75 Å². The largest absolute Gasteiger partial charge is 0.457 e. The standard InChI is InChI=1S/C48H59N3O14S4/c1-32(2)46(52)49-25-24-33-12-16-36(17-13-33)65-45-34(14-22-43-47(3,4)39-30-37(68(59,60)61)18-20-41(39)50(43)26-8-28-66(53,54)55)10-7-11-35(45)15-23-44-48(5,6)40-31-38(69(62,63)64)19-21-42(40)51(44)27-9-29-67(56,57)58/h12-23,30-31,43H,1,7-11,24-29H2,2-6H3,(H,49,52)(H,53,54,55)(H,56,57,58)(H,59,60,61)(H,62,63,64)/b22-14+,35-15+,44-23+. The highest BCUT2D eigenvalue weighted by Gasteiger charge is 2.44. The number of hydrogen-bond donors (Lipinski definition) is 5. The van der Waals surface area contributed by atoms with Gasteiger partial charge in [-0.15, -0.1) is 0 Å². The fraction of sp³-hybridized carbons (Fsp3) is 0.396. The van der Waals surface area contributed by atoms with Gasteiger partial charge in [-0.1, -0.05) is 64.6 Å². The number of hydrogen-bond acceptors (Lipinski definition) is 12. The maximum absolute atomic E-state index is 12.3. The minimum atomic E-state index is -4.57. The van der Waals surface area contributed by atoms with Crippen molar-refractivity contribution >= 4 is 57.8 Å². The summed E-state index contributed by atoms with van der Waals surface area (Å²) in [5.74, 6) is -0.234. The van der Waals surface area contributed by atoms with Crippen molar-refractivity contribution in [1.82, 2.24) is 5.32 Å². The van der Waals surface area contributed by atoms with Crippen LogP contribution < -0.4 is 19.9 Å². The van der Waals surface area contributed by atoms with E-state index in [4.69, 9.17) is 4.74 Å². The van der Waals surface area contributed by atoms with Gasteiger partial charge in [-0.05, 0) is 128 Å². The fourth-order valence-corrected chi connectivity index (χ4v) is 11.2. The van der Waals surface area contributed by atoms with Crippen LogP contribution in [0.15, 0.2) is 130 Å². The van der Waals surface area contributed by atoms with Gasteiger partial charge in [0.15, 0.2) is 0 Å². The number of carbonyl (C=O) groups excluding carboxylic acids is 1. The summed E-state index contributed by atoms with van der Waals surface area (Å²) in [6.07, 6.45) is 10.1. The lowest BCUT2D eigenvalue weighted by Gasteiger charge is -2.33. The number of amides is 1. The van der Waals surface area contributed by atoms with Crippen molar-refractivity contribution < 1.29 is 61.4 Å². The molecule has 0 fully saturated rings. The average Bonchev–Trinajstić information content (AvgIpc) is 3.58. The summed E-state index contributed by atoms with van der Waals surface area (Å²) in [7, 11) is -17.7. The molecular formula is C48H59N3O14S4. The monoisotopic (exact) mass is 1030 g/mol. The quantitative estimate of drug-likeness (QED) is 0.0591. The molecule has 0 aromatic heterocycles. The Balaban J connectivity index is 1.45. The van der Waals surface area contributed by atoms with Crippen molar-refractivity contribution in [2.24, 2.45) is 0 Å². The van der Waals surface area contributed by atoms with Crippen LogP contribution in [0, 0.1) is 0 Å². The maximum Gasteiger partial charge on any atom is 0.294 e. The predicted molar refractivity (Wildman–Crippen MR) is 264 cm³/mol. The van der Waals surface area contributed by atoms with E-state index in [0.29, 0.717) is 77.5 Å². The van der Waals surface area contributed by atoms with E-state index in [9.17, 15) is 56.7 Å². The molecule has 2 heterocycles. The molecule has 17 nitrogen and oxygen atoms in total. The highest BCUT2D eigenvalue weighted by atomic mass is 32.2. The van der Waals surface area contributed by atoms with E-state index < -0.39 is 68.9 Å². The van der Waals surface area contributed by atoms with Crippen LogP contribution in [0.2, 0.25) is 0 Å². The molecule has 3 aliphatic rings. The maximum atomic E-state index is 12.3. The van der Waals surface area contributed by atoms with E-state index in [2.05, 4.69) is 11.9 Å². The highest BCUT2D eigenvalue weighted by molar-refractivity contribution is 7.86. The Bertz CT molecular complexity index is 3100. The summed E-state index contributed by atoms with van der Waals surface area (Å²) in [6.45, 7) is 13.6. The molecule has 21 heteroatoms. The van der Waals surface area contributed by atoms with Gasteiger partial charge in [-0.25, -0.2) is 0 Å². The zero-order chi connectivity index (χ0) is 50.9. The first-order valence-electron chi connectivity index (χ1n) is 22.2. The first-order chi connectivity index (χ1) is 32.0. The number of carbonyl (C=O) groups is 1. The number of nitrogens with zero attached hydrogens (tertiary/aromatic N) is 2. The molecule has 6 rings (SSSR count). The minimum Gasteiger partial charge on any atom is -0.457 e. The number of benzene rings is 3. The lowest BCUT2D eigenvalue weighted by atomic mass is 9.80. The summed E-state index contributed by atoms with van der Waals surface area (Å²) < 4.78 is 142. The van der Waals surface area contributed by atoms with Crippen LogP contribution in [-0.4, -0.2) is 95.0 Å². The number of nitrogens with one attached hydrogen (secondary N) is 1. The number of ether oxygens (including phenoxy) is 1. The molecule has 2 aliphatic heterocycles. The third-order valence-corrected chi connectivity index (χ3v) is 16.0. The third kappa shape index (κ3) is 12.8. The van der Waals surface area contributed by atoms with Gasteiger partial charge in [0.1, 0.15) is 11.5 Å². The molecule has 0 saturated carbocycles. The van der Waals surface area contributed by atoms with Gasteiger partial charge in [-0.2, -0.15) is 33.7 Å². The third-order valence-electron chi connectivity index (χ3n) is 12.7. The number of fused-ring (bicyclic) bond motifs is 2. The van der Waals surface area contributed by atoms with E-state index >= 15 is 0 Å². The van der Waals surface area contributed by atoms with Gasteiger partial charge in [0.05, 0.1) is 27.3 Å². The molecule has 1 aliphatic carbocycles. The van der Waals surface area contributed by atoms with Crippen molar-refractivity contribution in [3.05, 3.63) is 136 Å². The summed E-state index contributed by atoms with van der Waals surface area (Å²) >= 11 is 0. The molecule has 5 N–H and O–H groups in total. The molecular weight excluding hydrogens is 971 g/mol. The Morgan fingerprint density at radius 2 is 1.36 bits per heavy atom. The zero-order valence-corrected chi connectivity index (χ0v) is 42.3. The Labute approximate surface area is 405 Å². The minimum absolute atomic E-state index is 0.0348. The molecule has 0 spiro atoms. The molecule has 0 bridgehead atoms. The Kier molecular flexibility index (Phi) is 15.7. The van der Waals surface area contributed by atoms with E-state index in [1.54, 1.807) is 19.1 Å². The SMILES string of the molecule is C=C(C)C(=O)NCCc1ccc(OC2=C(/C=C/C3N(CCCS(=O)(=O)O)c4ccc(S(=O)(=O)O)cc4C3(C)C)CCC/C2=C\C=C2\N(CCCS(=O)(=O)O)c3ccc(S(=O)(=O)O)cc3C2(C)C)cc1. The normalized spacial score (nSPS) is 19.3. The van der Waals surface area contributed by atoms with Crippen molar-refractivity contribution in [2.75, 3.05) is 40.9 Å². The second kappa shape index (κ2) is 20.3. The van der Waals surface area contributed by atoms with Crippen LogP contribution in [0.1, 0.15) is 83.4 Å². The van der Waals surface area contributed by atoms with E-state index in [1.165, 1.54) is 24.3 Å². The molecule has 69 heavy (non-hydrogen) atoms. The molecule has 0 saturated heterocycles. The summed E-state index contributed by atoms with van der Waals surface area (Å²) in [5, 5.41) is 2.82. The molecule has 0 radical (unpaired) electrons. The molecule has 1 atom stereocenters. The molecule has 1 unspecified atom stereocenters. The van der Waals surface area contributed by atoms with E-state index in [1.807, 2.05) is 86.1 Å². The lowest BCUT2D eigenvalue weighted by Crippen LogP contribution is -2.41. The van der Waals surface area contributed by atoms with E-state index in [0.717, 1.165) is 16.7 Å². The van der Waals surface area contributed by atoms with Crippen molar-refractivity contribution in [1.29, 1.82) is 0 Å². The van der Waals surface area contributed by atoms with Crippen molar-refractivity contribution in [3.63, 3.8) is 0 Å². The lowest BCUT2D eigenvalue weighted by molar-refractivity contribution is -0.117. The van der Waals surface area contributed by atoms with Crippen LogP contribution in [0.5, 0.6) is 5.75 Å². The first kappa shape index (κ1) is 53.2. The van der Waals surface area contributed by atoms with Crippen LogP contribution in [-0.2, 0) is 62.5 Å². The molecule has 3 aromatic rings. The first-order valence-corrected chi connectivity index (χ1v) is 28.3. The fourth-order valence-electron chi connectivity index (χ4n) is 9.17. The van der Waals surface area contributed by atoms with Gasteiger partial charge in [0, 0.05) is 53.1 Å². The molecule has 3 aromatic carbocycles. The smallest absolute Gasteiger partial charge is 0.294 e.